The molecule has 0 unspecified atom stereocenters. The number of nitrogens with zero attached hydrogens (tertiary/aromatic N) is 7. The summed E-state index contributed by atoms with van der Waals surface area (Å²) in [6.45, 7) is 4.30. The van der Waals surface area contributed by atoms with Gasteiger partial charge in [-0.1, -0.05) is 6.07 Å². The van der Waals surface area contributed by atoms with E-state index in [1.165, 1.54) is 0 Å². The van der Waals surface area contributed by atoms with E-state index in [0.717, 1.165) is 43.8 Å². The van der Waals surface area contributed by atoms with Crippen LogP contribution in [0.3, 0.4) is 0 Å². The number of halogens is 1. The Hall–Kier alpha value is -1.91. The van der Waals surface area contributed by atoms with Crippen molar-refractivity contribution in [1.29, 1.82) is 0 Å². The molecule has 1 fully saturated rings. The van der Waals surface area contributed by atoms with Crippen molar-refractivity contribution >= 4 is 35.8 Å². The number of nitrogens with one attached hydrogen (secondary N) is 1. The molecule has 0 radical (unpaired) electrons. The number of aryl methyl sites for hydroxylation is 1. The van der Waals surface area contributed by atoms with Gasteiger partial charge in [-0.05, 0) is 12.1 Å². The Morgan fingerprint density at radius 1 is 1.25 bits per heavy atom. The summed E-state index contributed by atoms with van der Waals surface area (Å²) in [5, 5.41) is 11.3. The molecule has 1 aliphatic heterocycles. The Morgan fingerprint density at radius 3 is 2.62 bits per heavy atom. The Morgan fingerprint density at radius 2 is 2.04 bits per heavy atom. The van der Waals surface area contributed by atoms with Crippen LogP contribution in [0.5, 0.6) is 0 Å². The number of guanidine groups is 1. The molecule has 1 N–H and O–H groups in total. The molecule has 1 saturated heterocycles. The molecular weight excluding hydrogens is 419 g/mol. The minimum absolute atomic E-state index is 0. The first-order valence-electron chi connectivity index (χ1n) is 7.72. The lowest BCUT2D eigenvalue weighted by Gasteiger charge is -2.37. The zero-order chi connectivity index (χ0) is 16.1. The Kier molecular flexibility index (Phi) is 6.76. The molecule has 130 valence electrons. The van der Waals surface area contributed by atoms with E-state index in [0.29, 0.717) is 6.54 Å². The molecule has 0 spiro atoms. The lowest BCUT2D eigenvalue weighted by molar-refractivity contribution is 0.370. The van der Waals surface area contributed by atoms with Gasteiger partial charge in [0.1, 0.15) is 12.1 Å². The second-order valence-corrected chi connectivity index (χ2v) is 5.42. The van der Waals surface area contributed by atoms with Crippen LogP contribution in [0.2, 0.25) is 0 Å². The van der Waals surface area contributed by atoms with E-state index in [9.17, 15) is 0 Å². The average molecular weight is 442 g/mol. The zero-order valence-electron chi connectivity index (χ0n) is 14.0. The van der Waals surface area contributed by atoms with Crippen LogP contribution in [0.15, 0.2) is 35.7 Å². The van der Waals surface area contributed by atoms with Gasteiger partial charge < -0.3 is 19.7 Å². The predicted octanol–water partition coefficient (Wildman–Crippen LogP) is 0.726. The van der Waals surface area contributed by atoms with E-state index in [1.807, 2.05) is 37.0 Å². The summed E-state index contributed by atoms with van der Waals surface area (Å²) in [6, 6.07) is 6.02. The maximum Gasteiger partial charge on any atom is 0.194 e. The van der Waals surface area contributed by atoms with Gasteiger partial charge >= 0.3 is 0 Å². The number of hydrogen-bond acceptors (Lipinski definition) is 5. The Labute approximate surface area is 159 Å². The third-order valence-corrected chi connectivity index (χ3v) is 3.97. The summed E-state index contributed by atoms with van der Waals surface area (Å²) in [6.07, 6.45) is 3.54. The van der Waals surface area contributed by atoms with Gasteiger partial charge in [-0.25, -0.2) is 4.98 Å². The molecule has 24 heavy (non-hydrogen) atoms. The van der Waals surface area contributed by atoms with E-state index < -0.39 is 0 Å². The summed E-state index contributed by atoms with van der Waals surface area (Å²) in [5.74, 6) is 2.82. The second kappa shape index (κ2) is 8.81. The molecule has 1 aliphatic rings. The first kappa shape index (κ1) is 18.4. The van der Waals surface area contributed by atoms with Crippen LogP contribution in [0, 0.1) is 0 Å². The van der Waals surface area contributed by atoms with Crippen LogP contribution in [-0.4, -0.2) is 63.8 Å². The fraction of sp³-hybridized carbons (Fsp3) is 0.467. The van der Waals surface area contributed by atoms with Gasteiger partial charge in [0.2, 0.25) is 0 Å². The standard InChI is InChI=1S/C15H22N8.HI/c1-16-15(18-11-14-20-19-12-21(14)2)23-9-7-22(8-10-23)13-5-3-4-6-17-13;/h3-6,12H,7-11H2,1-2H3,(H,16,18);1H. The normalized spacial score (nSPS) is 15.2. The highest BCUT2D eigenvalue weighted by Crippen LogP contribution is 2.12. The van der Waals surface area contributed by atoms with Gasteiger partial charge in [0.25, 0.3) is 0 Å². The van der Waals surface area contributed by atoms with Gasteiger partial charge in [0.05, 0.1) is 6.54 Å². The summed E-state index contributed by atoms with van der Waals surface area (Å²) in [5.41, 5.74) is 0. The molecule has 0 aromatic carbocycles. The maximum atomic E-state index is 4.42. The van der Waals surface area contributed by atoms with E-state index in [4.69, 9.17) is 0 Å². The summed E-state index contributed by atoms with van der Waals surface area (Å²) in [4.78, 5) is 13.4. The van der Waals surface area contributed by atoms with Gasteiger partial charge in [0, 0.05) is 46.5 Å². The second-order valence-electron chi connectivity index (χ2n) is 5.42. The van der Waals surface area contributed by atoms with Crippen molar-refractivity contribution in [3.63, 3.8) is 0 Å². The molecule has 0 atom stereocenters. The van der Waals surface area contributed by atoms with Crippen LogP contribution in [0.1, 0.15) is 5.82 Å². The van der Waals surface area contributed by atoms with Crippen molar-refractivity contribution in [3.05, 3.63) is 36.5 Å². The van der Waals surface area contributed by atoms with Crippen LogP contribution in [0.25, 0.3) is 0 Å². The third kappa shape index (κ3) is 4.34. The smallest absolute Gasteiger partial charge is 0.194 e. The highest BCUT2D eigenvalue weighted by molar-refractivity contribution is 14.0. The van der Waals surface area contributed by atoms with Crippen LogP contribution >= 0.6 is 24.0 Å². The monoisotopic (exact) mass is 442 g/mol. The van der Waals surface area contributed by atoms with Crippen molar-refractivity contribution in [2.75, 3.05) is 38.1 Å². The third-order valence-electron chi connectivity index (χ3n) is 3.97. The molecule has 9 heteroatoms. The van der Waals surface area contributed by atoms with Crippen molar-refractivity contribution in [3.8, 4) is 0 Å². The molecule has 0 aliphatic carbocycles. The Balaban J connectivity index is 0.00000208. The number of rotatable bonds is 3. The van der Waals surface area contributed by atoms with Crippen LogP contribution < -0.4 is 10.2 Å². The first-order valence-corrected chi connectivity index (χ1v) is 7.72. The van der Waals surface area contributed by atoms with Crippen molar-refractivity contribution < 1.29 is 0 Å². The van der Waals surface area contributed by atoms with Gasteiger partial charge in [-0.15, -0.1) is 34.2 Å². The van der Waals surface area contributed by atoms with E-state index in [-0.39, 0.29) is 24.0 Å². The van der Waals surface area contributed by atoms with Crippen LogP contribution in [0.4, 0.5) is 5.82 Å². The number of aromatic nitrogens is 4. The van der Waals surface area contributed by atoms with E-state index in [2.05, 4.69) is 41.4 Å². The molecule has 0 amide bonds. The molecular formula is C15H23IN8. The lowest BCUT2D eigenvalue weighted by Crippen LogP contribution is -2.52. The number of anilines is 1. The first-order chi connectivity index (χ1) is 11.3. The number of pyridine rings is 1. The summed E-state index contributed by atoms with van der Waals surface area (Å²) in [7, 11) is 3.75. The minimum Gasteiger partial charge on any atom is -0.353 e. The molecule has 3 rings (SSSR count). The molecule has 3 heterocycles. The summed E-state index contributed by atoms with van der Waals surface area (Å²) < 4.78 is 1.90. The fourth-order valence-electron chi connectivity index (χ4n) is 2.65. The fourth-order valence-corrected chi connectivity index (χ4v) is 2.65. The molecule has 2 aromatic rings. The van der Waals surface area contributed by atoms with E-state index >= 15 is 0 Å². The highest BCUT2D eigenvalue weighted by Gasteiger charge is 2.20. The molecule has 8 nitrogen and oxygen atoms in total. The SMILES string of the molecule is CN=C(NCc1nncn1C)N1CCN(c2ccccn2)CC1.I. The number of piperazine rings is 1. The van der Waals surface area contributed by atoms with Gasteiger partial charge in [0.15, 0.2) is 11.8 Å². The summed E-state index contributed by atoms with van der Waals surface area (Å²) >= 11 is 0. The maximum absolute atomic E-state index is 4.42. The quantitative estimate of drug-likeness (QED) is 0.429. The van der Waals surface area contributed by atoms with Crippen LogP contribution in [-0.2, 0) is 13.6 Å². The molecule has 0 saturated carbocycles. The minimum atomic E-state index is 0. The van der Waals surface area contributed by atoms with E-state index in [1.54, 1.807) is 6.33 Å². The number of hydrogen-bond donors (Lipinski definition) is 1. The zero-order valence-corrected chi connectivity index (χ0v) is 16.3. The van der Waals surface area contributed by atoms with Gasteiger partial charge in [-0.2, -0.15) is 0 Å². The molecule has 0 bridgehead atoms. The van der Waals surface area contributed by atoms with Gasteiger partial charge in [-0.3, -0.25) is 4.99 Å². The van der Waals surface area contributed by atoms with Crippen molar-refractivity contribution in [2.24, 2.45) is 12.0 Å². The van der Waals surface area contributed by atoms with Crippen molar-refractivity contribution in [2.45, 2.75) is 6.54 Å². The average Bonchev–Trinajstić information content (AvgIpc) is 3.02. The topological polar surface area (TPSA) is 74.5 Å². The van der Waals surface area contributed by atoms with Crippen molar-refractivity contribution in [1.82, 2.24) is 30.0 Å². The Bertz CT molecular complexity index is 649. The highest BCUT2D eigenvalue weighted by atomic mass is 127. The largest absolute Gasteiger partial charge is 0.353 e. The predicted molar refractivity (Wildman–Crippen MR) is 105 cm³/mol. The lowest BCUT2D eigenvalue weighted by atomic mass is 10.3. The number of aliphatic imine (C=N–C) groups is 1. The molecule has 2 aromatic heterocycles.